The molecule has 2 heterocycles. The van der Waals surface area contributed by atoms with Crippen LogP contribution >= 0.6 is 11.9 Å². The highest BCUT2D eigenvalue weighted by atomic mass is 32.2. The van der Waals surface area contributed by atoms with Crippen LogP contribution in [0.5, 0.6) is 0 Å². The number of benzene rings is 2. The molecule has 2 aromatic carbocycles. The Labute approximate surface area is 212 Å². The lowest BCUT2D eigenvalue weighted by molar-refractivity contribution is 0.0830. The number of anilines is 1. The molecule has 0 radical (unpaired) electrons. The highest BCUT2D eigenvalue weighted by Crippen LogP contribution is 2.37. The molecule has 0 unspecified atom stereocenters. The quantitative estimate of drug-likeness (QED) is 0.373. The average Bonchev–Trinajstić information content (AvgIpc) is 3.65. The molecule has 1 amide bonds. The predicted octanol–water partition coefficient (Wildman–Crippen LogP) is 4.00. The number of hydrogen-bond acceptors (Lipinski definition) is 5. The maximum atomic E-state index is 13.6. The molecule has 1 aliphatic heterocycles. The summed E-state index contributed by atoms with van der Waals surface area (Å²) in [5.74, 6) is 1.61. The number of aliphatic hydroxyl groups excluding tert-OH is 1. The summed E-state index contributed by atoms with van der Waals surface area (Å²) in [6, 6.07) is 13.7. The van der Waals surface area contributed by atoms with E-state index < -0.39 is 6.10 Å². The van der Waals surface area contributed by atoms with Crippen LogP contribution in [0.15, 0.2) is 48.7 Å². The van der Waals surface area contributed by atoms with Gasteiger partial charge < -0.3 is 24.6 Å². The average molecular weight is 493 g/mol. The molecule has 1 fully saturated rings. The van der Waals surface area contributed by atoms with Crippen molar-refractivity contribution in [1.29, 1.82) is 0 Å². The van der Waals surface area contributed by atoms with Gasteiger partial charge in [-0.1, -0.05) is 37.3 Å². The van der Waals surface area contributed by atoms with E-state index in [-0.39, 0.29) is 11.9 Å². The van der Waals surface area contributed by atoms with E-state index in [1.54, 1.807) is 11.9 Å². The molecule has 1 saturated carbocycles. The van der Waals surface area contributed by atoms with Crippen molar-refractivity contribution in [2.75, 3.05) is 30.2 Å². The van der Waals surface area contributed by atoms with E-state index >= 15 is 0 Å². The summed E-state index contributed by atoms with van der Waals surface area (Å²) in [7, 11) is 2.07. The number of aromatic nitrogens is 1. The van der Waals surface area contributed by atoms with Gasteiger partial charge in [0.2, 0.25) is 0 Å². The molecular formula is C28H36N4O2S. The topological polar surface area (TPSA) is 69.5 Å². The molecule has 3 aromatic rings. The molecule has 1 aliphatic carbocycles. The normalized spacial score (nSPS) is 17.3. The van der Waals surface area contributed by atoms with Crippen molar-refractivity contribution < 1.29 is 9.90 Å². The fourth-order valence-corrected chi connectivity index (χ4v) is 5.80. The summed E-state index contributed by atoms with van der Waals surface area (Å²) in [6.07, 6.45) is 5.61. The Morgan fingerprint density at radius 3 is 2.77 bits per heavy atom. The summed E-state index contributed by atoms with van der Waals surface area (Å²) < 4.78 is 4.51. The number of amides is 1. The highest BCUT2D eigenvalue weighted by molar-refractivity contribution is 8.00. The minimum Gasteiger partial charge on any atom is -0.390 e. The van der Waals surface area contributed by atoms with Gasteiger partial charge in [-0.05, 0) is 73.4 Å². The Balaban J connectivity index is 1.41. The Morgan fingerprint density at radius 1 is 1.23 bits per heavy atom. The minimum absolute atomic E-state index is 0.136. The van der Waals surface area contributed by atoms with Crippen molar-refractivity contribution in [3.05, 3.63) is 65.4 Å². The zero-order valence-electron chi connectivity index (χ0n) is 20.7. The third-order valence-corrected chi connectivity index (χ3v) is 8.15. The zero-order valence-corrected chi connectivity index (χ0v) is 21.5. The van der Waals surface area contributed by atoms with Crippen LogP contribution in [0, 0.1) is 5.92 Å². The fourth-order valence-electron chi connectivity index (χ4n) is 4.97. The third kappa shape index (κ3) is 5.52. The Bertz CT molecular complexity index is 1170. The van der Waals surface area contributed by atoms with Gasteiger partial charge in [0.1, 0.15) is 0 Å². The molecule has 2 aliphatic rings. The van der Waals surface area contributed by atoms with Gasteiger partial charge in [0, 0.05) is 43.0 Å². The summed E-state index contributed by atoms with van der Waals surface area (Å²) in [6.45, 7) is 4.53. The lowest BCUT2D eigenvalue weighted by Crippen LogP contribution is -2.49. The molecule has 6 nitrogen and oxygen atoms in total. The first-order chi connectivity index (χ1) is 17.0. The molecule has 186 valence electrons. The molecule has 0 spiro atoms. The number of rotatable bonds is 10. The first-order valence-corrected chi connectivity index (χ1v) is 13.7. The molecule has 5 rings (SSSR count). The molecule has 7 heteroatoms. The second-order valence-electron chi connectivity index (χ2n) is 9.86. The van der Waals surface area contributed by atoms with Crippen molar-refractivity contribution in [2.45, 2.75) is 51.3 Å². The summed E-state index contributed by atoms with van der Waals surface area (Å²) in [5, 5.41) is 18.8. The third-order valence-electron chi connectivity index (χ3n) is 7.20. The van der Waals surface area contributed by atoms with Gasteiger partial charge in [0.25, 0.3) is 5.91 Å². The lowest BCUT2D eigenvalue weighted by atomic mass is 9.99. The number of nitrogens with one attached hydrogen (secondary N) is 2. The van der Waals surface area contributed by atoms with Gasteiger partial charge in [-0.3, -0.25) is 4.79 Å². The van der Waals surface area contributed by atoms with Gasteiger partial charge in [-0.2, -0.15) is 0 Å². The van der Waals surface area contributed by atoms with Gasteiger partial charge in [-0.15, -0.1) is 0 Å². The van der Waals surface area contributed by atoms with Crippen LogP contribution < -0.4 is 14.9 Å². The lowest BCUT2D eigenvalue weighted by Gasteiger charge is -2.25. The standard InChI is InChI=1S/C28H36N4O2S/c1-3-21-18-32-11-12-35-31(2)25-15-22(14-23(21)27(25)32)28(34)30-24(13-19-7-5-4-6-8-19)26(33)17-29-16-20-9-10-20/h4-8,14-15,18,20,24,26,29,33H,3,9-13,16-17H2,1-2H3,(H,30,34)/t24-,26+/m0/s1. The number of hydrogen-bond donors (Lipinski definition) is 3. The van der Waals surface area contributed by atoms with E-state index in [1.807, 2.05) is 42.5 Å². The fraction of sp³-hybridized carbons (Fsp3) is 0.464. The predicted molar refractivity (Wildman–Crippen MR) is 145 cm³/mol. The van der Waals surface area contributed by atoms with E-state index in [4.69, 9.17) is 0 Å². The highest BCUT2D eigenvalue weighted by Gasteiger charge is 2.26. The second kappa shape index (κ2) is 10.6. The van der Waals surface area contributed by atoms with Crippen molar-refractivity contribution in [3.63, 3.8) is 0 Å². The van der Waals surface area contributed by atoms with Gasteiger partial charge in [0.05, 0.1) is 23.3 Å². The number of aliphatic hydroxyl groups is 1. The number of aryl methyl sites for hydroxylation is 2. The second-order valence-corrected chi connectivity index (χ2v) is 11.1. The van der Waals surface area contributed by atoms with Crippen molar-refractivity contribution in [3.8, 4) is 0 Å². The van der Waals surface area contributed by atoms with Crippen LogP contribution in [-0.4, -0.2) is 53.6 Å². The van der Waals surface area contributed by atoms with E-state index in [0.717, 1.165) is 47.8 Å². The largest absolute Gasteiger partial charge is 0.390 e. The summed E-state index contributed by atoms with van der Waals surface area (Å²) in [4.78, 5) is 13.6. The van der Waals surface area contributed by atoms with Crippen LogP contribution in [0.25, 0.3) is 10.9 Å². The Hall–Kier alpha value is -2.48. The van der Waals surface area contributed by atoms with Crippen LogP contribution in [0.3, 0.4) is 0 Å². The SMILES string of the molecule is CCc1cn2c3c(cc(C(=O)N[C@@H](Cc4ccccc4)[C@H](O)CNCC4CC4)cc13)N(C)SCC2. The van der Waals surface area contributed by atoms with Crippen molar-refractivity contribution in [2.24, 2.45) is 5.92 Å². The van der Waals surface area contributed by atoms with Crippen LogP contribution in [0.1, 0.15) is 41.3 Å². The maximum absolute atomic E-state index is 13.6. The van der Waals surface area contributed by atoms with Crippen LogP contribution in [0.4, 0.5) is 5.69 Å². The first kappa shape index (κ1) is 24.2. The number of carbonyl (C=O) groups is 1. The van der Waals surface area contributed by atoms with Crippen molar-refractivity contribution in [1.82, 2.24) is 15.2 Å². The molecule has 0 saturated heterocycles. The molecule has 1 aromatic heterocycles. The number of nitrogens with zero attached hydrogens (tertiary/aromatic N) is 2. The monoisotopic (exact) mass is 492 g/mol. The van der Waals surface area contributed by atoms with Gasteiger partial charge in [-0.25, -0.2) is 0 Å². The Kier molecular flexibility index (Phi) is 7.37. The van der Waals surface area contributed by atoms with E-state index in [1.165, 1.54) is 23.9 Å². The van der Waals surface area contributed by atoms with Crippen LogP contribution in [-0.2, 0) is 19.4 Å². The first-order valence-electron chi connectivity index (χ1n) is 12.8. The van der Waals surface area contributed by atoms with E-state index in [0.29, 0.717) is 18.5 Å². The maximum Gasteiger partial charge on any atom is 0.251 e. The van der Waals surface area contributed by atoms with E-state index in [2.05, 4.69) is 39.7 Å². The summed E-state index contributed by atoms with van der Waals surface area (Å²) in [5.41, 5.74) is 5.28. The summed E-state index contributed by atoms with van der Waals surface area (Å²) >= 11 is 1.78. The van der Waals surface area contributed by atoms with Gasteiger partial charge in [0.15, 0.2) is 0 Å². The molecular weight excluding hydrogens is 456 g/mol. The van der Waals surface area contributed by atoms with Crippen LogP contribution in [0.2, 0.25) is 0 Å². The molecule has 35 heavy (non-hydrogen) atoms. The molecule has 2 atom stereocenters. The molecule has 0 bridgehead atoms. The molecule has 3 N–H and O–H groups in total. The number of carbonyl (C=O) groups excluding carboxylic acids is 1. The Morgan fingerprint density at radius 2 is 2.03 bits per heavy atom. The van der Waals surface area contributed by atoms with E-state index in [9.17, 15) is 9.90 Å². The minimum atomic E-state index is -0.672. The van der Waals surface area contributed by atoms with Crippen molar-refractivity contribution >= 4 is 34.4 Å². The zero-order chi connectivity index (χ0) is 24.4. The van der Waals surface area contributed by atoms with Gasteiger partial charge >= 0.3 is 0 Å². The smallest absolute Gasteiger partial charge is 0.251 e.